The van der Waals surface area contributed by atoms with Crippen molar-refractivity contribution in [1.82, 2.24) is 9.88 Å². The number of rotatable bonds is 9. The Labute approximate surface area is 237 Å². The molecule has 2 aromatic carbocycles. The lowest BCUT2D eigenvalue weighted by Crippen LogP contribution is -2.38. The van der Waals surface area contributed by atoms with Crippen LogP contribution in [0.5, 0.6) is 0 Å². The minimum absolute atomic E-state index is 0.0134. The number of carbonyl (C=O) groups excluding carboxylic acids is 2. The summed E-state index contributed by atoms with van der Waals surface area (Å²) < 4.78 is 5.13. The molecule has 3 aromatic rings. The SMILES string of the molecule is CCc1cc(C)ccc1CCC(=O)CC1CCCC(CC2CCN(C(=O)c3ccc4[nH]c(=O)oc4c3)CC2)CC1. The second-order valence-electron chi connectivity index (χ2n) is 12.3. The van der Waals surface area contributed by atoms with E-state index in [1.165, 1.54) is 55.2 Å². The van der Waals surface area contributed by atoms with E-state index in [9.17, 15) is 14.4 Å². The van der Waals surface area contributed by atoms with Crippen LogP contribution in [0.1, 0.15) is 98.2 Å². The van der Waals surface area contributed by atoms with Gasteiger partial charge in [0.2, 0.25) is 0 Å². The quantitative estimate of drug-likeness (QED) is 0.293. The van der Waals surface area contributed by atoms with Gasteiger partial charge < -0.3 is 9.32 Å². The van der Waals surface area contributed by atoms with Gasteiger partial charge in [-0.15, -0.1) is 0 Å². The summed E-state index contributed by atoms with van der Waals surface area (Å²) >= 11 is 0. The summed E-state index contributed by atoms with van der Waals surface area (Å²) in [6, 6.07) is 11.8. The molecule has 2 heterocycles. The van der Waals surface area contributed by atoms with Crippen LogP contribution in [0.15, 0.2) is 45.6 Å². The zero-order chi connectivity index (χ0) is 28.1. The summed E-state index contributed by atoms with van der Waals surface area (Å²) in [6.07, 6.45) is 12.7. The molecule has 40 heavy (non-hydrogen) atoms. The summed E-state index contributed by atoms with van der Waals surface area (Å²) in [4.78, 5) is 41.9. The topological polar surface area (TPSA) is 83.4 Å². The van der Waals surface area contributed by atoms with Gasteiger partial charge in [-0.25, -0.2) is 4.79 Å². The van der Waals surface area contributed by atoms with Crippen molar-refractivity contribution in [3.05, 3.63) is 69.2 Å². The highest BCUT2D eigenvalue weighted by molar-refractivity contribution is 5.97. The lowest BCUT2D eigenvalue weighted by molar-refractivity contribution is -0.120. The lowest BCUT2D eigenvalue weighted by atomic mass is 9.83. The average molecular weight is 545 g/mol. The number of H-pyrrole nitrogens is 1. The standard InChI is InChI=1S/C34H44N2O4/c1-3-27-19-23(2)7-10-28(27)11-13-30(37)21-25-6-4-5-24(8-9-25)20-26-15-17-36(18-16-26)33(38)29-12-14-31-32(22-29)40-34(39)35-31/h7,10,12,14,19,22,24-26H,3-6,8-9,11,13,15-18,20-21H2,1-2H3,(H,35,39). The number of likely N-dealkylation sites (tertiary alicyclic amines) is 1. The lowest BCUT2D eigenvalue weighted by Gasteiger charge is -2.33. The van der Waals surface area contributed by atoms with Crippen molar-refractivity contribution < 1.29 is 14.0 Å². The molecule has 0 spiro atoms. The van der Waals surface area contributed by atoms with Crippen LogP contribution >= 0.6 is 0 Å². The number of hydrogen-bond acceptors (Lipinski definition) is 4. The number of aromatic nitrogens is 1. The smallest absolute Gasteiger partial charge is 0.408 e. The van der Waals surface area contributed by atoms with Crippen LogP contribution in [-0.2, 0) is 17.6 Å². The first kappa shape index (κ1) is 28.4. The number of aromatic amines is 1. The van der Waals surface area contributed by atoms with Crippen molar-refractivity contribution in [2.75, 3.05) is 13.1 Å². The molecule has 5 rings (SSSR count). The fourth-order valence-corrected chi connectivity index (χ4v) is 7.03. The van der Waals surface area contributed by atoms with Gasteiger partial charge in [-0.05, 0) is 92.5 Å². The van der Waals surface area contributed by atoms with E-state index in [1.807, 2.05) is 4.90 Å². The number of carbonyl (C=O) groups is 2. The number of Topliss-reactive ketones (excluding diaryl/α,β-unsaturated/α-hetero) is 1. The monoisotopic (exact) mass is 544 g/mol. The van der Waals surface area contributed by atoms with Gasteiger partial charge in [0.25, 0.3) is 5.91 Å². The zero-order valence-corrected chi connectivity index (χ0v) is 24.2. The van der Waals surface area contributed by atoms with Crippen molar-refractivity contribution >= 4 is 22.8 Å². The van der Waals surface area contributed by atoms with Crippen LogP contribution in [0.3, 0.4) is 0 Å². The largest absolute Gasteiger partial charge is 0.417 e. The third-order valence-corrected chi connectivity index (χ3v) is 9.38. The number of piperidine rings is 1. The van der Waals surface area contributed by atoms with Crippen molar-refractivity contribution in [1.29, 1.82) is 0 Å². The number of amides is 1. The number of nitrogens with one attached hydrogen (secondary N) is 1. The van der Waals surface area contributed by atoms with Gasteiger partial charge in [-0.2, -0.15) is 0 Å². The molecule has 214 valence electrons. The van der Waals surface area contributed by atoms with Crippen LogP contribution in [0.25, 0.3) is 11.1 Å². The fourth-order valence-electron chi connectivity index (χ4n) is 7.03. The molecule has 1 saturated carbocycles. The molecule has 6 nitrogen and oxygen atoms in total. The van der Waals surface area contributed by atoms with Crippen LogP contribution in [0, 0.1) is 24.7 Å². The molecule has 2 fully saturated rings. The first-order valence-corrected chi connectivity index (χ1v) is 15.4. The number of nitrogens with zero attached hydrogens (tertiary/aromatic N) is 1. The summed E-state index contributed by atoms with van der Waals surface area (Å²) in [6.45, 7) is 5.89. The van der Waals surface area contributed by atoms with E-state index in [0.29, 0.717) is 40.7 Å². The van der Waals surface area contributed by atoms with E-state index in [1.54, 1.807) is 18.2 Å². The molecular formula is C34H44N2O4. The predicted molar refractivity (Wildman–Crippen MR) is 159 cm³/mol. The highest BCUT2D eigenvalue weighted by Gasteiger charge is 2.28. The molecule has 1 saturated heterocycles. The van der Waals surface area contributed by atoms with Gasteiger partial charge in [0, 0.05) is 31.5 Å². The Kier molecular flexibility index (Phi) is 9.23. The number of oxazole rings is 1. The van der Waals surface area contributed by atoms with Crippen molar-refractivity contribution in [3.8, 4) is 0 Å². The normalized spacial score (nSPS) is 20.5. The maximum absolute atomic E-state index is 13.1. The van der Waals surface area contributed by atoms with Gasteiger partial charge in [-0.1, -0.05) is 56.4 Å². The van der Waals surface area contributed by atoms with Gasteiger partial charge in [0.1, 0.15) is 5.78 Å². The van der Waals surface area contributed by atoms with E-state index in [4.69, 9.17) is 4.42 Å². The molecule has 1 N–H and O–H groups in total. The van der Waals surface area contributed by atoms with E-state index in [-0.39, 0.29) is 5.91 Å². The molecule has 6 heteroatoms. The van der Waals surface area contributed by atoms with Crippen LogP contribution in [-0.4, -0.2) is 34.7 Å². The Morgan fingerprint density at radius 1 is 0.925 bits per heavy atom. The first-order valence-electron chi connectivity index (χ1n) is 15.4. The second-order valence-corrected chi connectivity index (χ2v) is 12.3. The van der Waals surface area contributed by atoms with Crippen molar-refractivity contribution in [2.45, 2.75) is 90.9 Å². The average Bonchev–Trinajstić information content (AvgIpc) is 3.20. The van der Waals surface area contributed by atoms with Gasteiger partial charge >= 0.3 is 5.76 Å². The van der Waals surface area contributed by atoms with E-state index in [0.717, 1.165) is 51.1 Å². The third-order valence-electron chi connectivity index (χ3n) is 9.38. The molecular weight excluding hydrogens is 500 g/mol. The van der Waals surface area contributed by atoms with Crippen molar-refractivity contribution in [3.63, 3.8) is 0 Å². The van der Waals surface area contributed by atoms with Gasteiger partial charge in [0.15, 0.2) is 5.58 Å². The number of fused-ring (bicyclic) bond motifs is 1. The molecule has 0 bridgehead atoms. The van der Waals surface area contributed by atoms with E-state index in [2.05, 4.69) is 37.0 Å². The molecule has 2 unspecified atom stereocenters. The summed E-state index contributed by atoms with van der Waals surface area (Å²) in [5.74, 6) is 1.90. The molecule has 1 aliphatic carbocycles. The maximum atomic E-state index is 13.1. The highest BCUT2D eigenvalue weighted by atomic mass is 16.4. The maximum Gasteiger partial charge on any atom is 0.417 e. The molecule has 0 radical (unpaired) electrons. The minimum Gasteiger partial charge on any atom is -0.408 e. The van der Waals surface area contributed by atoms with Gasteiger partial charge in [-0.3, -0.25) is 14.6 Å². The number of hydrogen-bond donors (Lipinski definition) is 1. The summed E-state index contributed by atoms with van der Waals surface area (Å²) in [5.41, 5.74) is 5.63. The number of aryl methyl sites for hydroxylation is 3. The van der Waals surface area contributed by atoms with Crippen LogP contribution < -0.4 is 5.76 Å². The van der Waals surface area contributed by atoms with Crippen LogP contribution in [0.4, 0.5) is 0 Å². The van der Waals surface area contributed by atoms with E-state index >= 15 is 0 Å². The Morgan fingerprint density at radius 2 is 1.68 bits per heavy atom. The Balaban J connectivity index is 1.04. The zero-order valence-electron chi connectivity index (χ0n) is 24.2. The second kappa shape index (κ2) is 13.0. The molecule has 1 aromatic heterocycles. The minimum atomic E-state index is -0.500. The molecule has 2 aliphatic rings. The number of benzene rings is 2. The first-order chi connectivity index (χ1) is 19.4. The predicted octanol–water partition coefficient (Wildman–Crippen LogP) is 7.02. The summed E-state index contributed by atoms with van der Waals surface area (Å²) in [5, 5.41) is 0. The summed E-state index contributed by atoms with van der Waals surface area (Å²) in [7, 11) is 0. The molecule has 1 aliphatic heterocycles. The van der Waals surface area contributed by atoms with Crippen LogP contribution in [0.2, 0.25) is 0 Å². The highest BCUT2D eigenvalue weighted by Crippen LogP contribution is 2.35. The Bertz CT molecular complexity index is 1380. The van der Waals surface area contributed by atoms with E-state index < -0.39 is 5.76 Å². The Morgan fingerprint density at radius 3 is 2.48 bits per heavy atom. The Hall–Kier alpha value is -3.15. The van der Waals surface area contributed by atoms with Gasteiger partial charge in [0.05, 0.1) is 5.52 Å². The fraction of sp³-hybridized carbons (Fsp3) is 0.559. The number of ketones is 1. The van der Waals surface area contributed by atoms with Crippen molar-refractivity contribution in [2.24, 2.45) is 17.8 Å². The third kappa shape index (κ3) is 7.13. The molecule has 2 atom stereocenters. The molecule has 1 amide bonds.